The van der Waals surface area contributed by atoms with Gasteiger partial charge in [-0.1, -0.05) is 13.5 Å². The normalized spacial score (nSPS) is 12.9. The molecule has 0 atom stereocenters. The molecule has 6 heteroatoms. The zero-order chi connectivity index (χ0) is 16.8. The minimum atomic E-state index is -3.61. The SMILES string of the molecule is C=C(C)C(=O)O[Si](OC(C)C)(OC(C)C)OC(C)(C)CC. The average molecular weight is 318 g/mol. The monoisotopic (exact) mass is 318 g/mol. The van der Waals surface area contributed by atoms with Gasteiger partial charge >= 0.3 is 15.0 Å². The van der Waals surface area contributed by atoms with Crippen molar-refractivity contribution in [3.8, 4) is 0 Å². The Kier molecular flexibility index (Phi) is 7.81. The van der Waals surface area contributed by atoms with Crippen LogP contribution in [0.3, 0.4) is 0 Å². The number of hydrogen-bond acceptors (Lipinski definition) is 5. The zero-order valence-corrected chi connectivity index (χ0v) is 15.6. The Morgan fingerprint density at radius 2 is 1.57 bits per heavy atom. The molecule has 0 amide bonds. The van der Waals surface area contributed by atoms with Gasteiger partial charge in [0.1, 0.15) is 0 Å². The third kappa shape index (κ3) is 7.76. The van der Waals surface area contributed by atoms with Crippen molar-refractivity contribution in [3.05, 3.63) is 12.2 Å². The first-order valence-corrected chi connectivity index (χ1v) is 9.01. The fraction of sp³-hybridized carbons (Fsp3) is 0.800. The van der Waals surface area contributed by atoms with Crippen molar-refractivity contribution in [2.75, 3.05) is 0 Å². The van der Waals surface area contributed by atoms with E-state index in [1.165, 1.54) is 0 Å². The summed E-state index contributed by atoms with van der Waals surface area (Å²) in [6.45, 7) is 18.4. The lowest BCUT2D eigenvalue weighted by Gasteiger charge is -2.36. The Labute approximate surface area is 130 Å². The smallest absolute Gasteiger partial charge is 0.448 e. The molecule has 0 N–H and O–H groups in total. The largest absolute Gasteiger partial charge is 0.752 e. The van der Waals surface area contributed by atoms with E-state index in [9.17, 15) is 4.79 Å². The van der Waals surface area contributed by atoms with E-state index >= 15 is 0 Å². The third-order valence-corrected chi connectivity index (χ3v) is 5.34. The lowest BCUT2D eigenvalue weighted by molar-refractivity contribution is -0.149. The van der Waals surface area contributed by atoms with Gasteiger partial charge in [0.25, 0.3) is 0 Å². The summed E-state index contributed by atoms with van der Waals surface area (Å²) < 4.78 is 23.2. The van der Waals surface area contributed by atoms with Crippen molar-refractivity contribution in [2.24, 2.45) is 0 Å². The maximum Gasteiger partial charge on any atom is 0.752 e. The van der Waals surface area contributed by atoms with Crippen LogP contribution >= 0.6 is 0 Å². The highest BCUT2D eigenvalue weighted by molar-refractivity contribution is 6.56. The van der Waals surface area contributed by atoms with Crippen LogP contribution in [0.1, 0.15) is 61.8 Å². The average Bonchev–Trinajstić information content (AvgIpc) is 2.25. The number of carbonyl (C=O) groups excluding carboxylic acids is 1. The molecule has 0 aromatic heterocycles. The van der Waals surface area contributed by atoms with Crippen LogP contribution in [0.25, 0.3) is 0 Å². The molecule has 0 unspecified atom stereocenters. The molecular formula is C15H30O5Si. The van der Waals surface area contributed by atoms with Crippen molar-refractivity contribution in [2.45, 2.75) is 79.6 Å². The van der Waals surface area contributed by atoms with E-state index in [0.29, 0.717) is 0 Å². The van der Waals surface area contributed by atoms with Crippen molar-refractivity contribution in [3.63, 3.8) is 0 Å². The maximum absolute atomic E-state index is 12.0. The molecule has 0 aliphatic heterocycles. The summed E-state index contributed by atoms with van der Waals surface area (Å²) in [6.07, 6.45) is 0.344. The zero-order valence-electron chi connectivity index (χ0n) is 14.6. The molecule has 0 aliphatic carbocycles. The molecule has 0 saturated carbocycles. The van der Waals surface area contributed by atoms with Gasteiger partial charge in [0, 0.05) is 17.8 Å². The molecular weight excluding hydrogens is 288 g/mol. The van der Waals surface area contributed by atoms with Crippen LogP contribution in [0, 0.1) is 0 Å². The molecule has 124 valence electrons. The summed E-state index contributed by atoms with van der Waals surface area (Å²) in [4.78, 5) is 12.0. The van der Waals surface area contributed by atoms with Crippen LogP contribution in [0.5, 0.6) is 0 Å². The molecule has 0 radical (unpaired) electrons. The van der Waals surface area contributed by atoms with Crippen molar-refractivity contribution >= 4 is 15.0 Å². The van der Waals surface area contributed by atoms with Crippen LogP contribution < -0.4 is 0 Å². The van der Waals surface area contributed by atoms with Crippen molar-refractivity contribution < 1.29 is 22.5 Å². The predicted molar refractivity (Wildman–Crippen MR) is 84.6 cm³/mol. The fourth-order valence-electron chi connectivity index (χ4n) is 1.33. The van der Waals surface area contributed by atoms with E-state index in [1.54, 1.807) is 6.92 Å². The summed E-state index contributed by atoms with van der Waals surface area (Å²) in [5.74, 6) is -0.560. The Morgan fingerprint density at radius 3 is 1.86 bits per heavy atom. The standard InChI is InChI=1S/C15H30O5Si/c1-10-15(8,9)20-21(17-12(4)5,18-13(6)7)19-14(16)11(2)3/h12-13H,2,10H2,1,3-9H3. The molecule has 0 fully saturated rings. The van der Waals surface area contributed by atoms with E-state index in [2.05, 4.69) is 6.58 Å². The quantitative estimate of drug-likeness (QED) is 0.480. The summed E-state index contributed by atoms with van der Waals surface area (Å²) in [7, 11) is -3.61. The van der Waals surface area contributed by atoms with Crippen molar-refractivity contribution in [1.82, 2.24) is 0 Å². The Balaban J connectivity index is 5.50. The van der Waals surface area contributed by atoms with Crippen LogP contribution in [0.4, 0.5) is 0 Å². The number of hydrogen-bond donors (Lipinski definition) is 0. The molecule has 5 nitrogen and oxygen atoms in total. The maximum atomic E-state index is 12.0. The summed E-state index contributed by atoms with van der Waals surface area (Å²) in [6, 6.07) is 0. The first-order valence-electron chi connectivity index (χ1n) is 7.37. The van der Waals surface area contributed by atoms with E-state index in [-0.39, 0.29) is 17.8 Å². The predicted octanol–water partition coefficient (Wildman–Crippen LogP) is 3.60. The van der Waals surface area contributed by atoms with Gasteiger partial charge in [-0.05, 0) is 54.9 Å². The summed E-state index contributed by atoms with van der Waals surface area (Å²) >= 11 is 0. The lowest BCUT2D eigenvalue weighted by atomic mass is 10.1. The second-order valence-corrected chi connectivity index (χ2v) is 8.10. The molecule has 0 spiro atoms. The first-order chi connectivity index (χ1) is 9.43. The van der Waals surface area contributed by atoms with Crippen LogP contribution in [-0.4, -0.2) is 32.8 Å². The van der Waals surface area contributed by atoms with Gasteiger partial charge in [-0.2, -0.15) is 0 Å². The molecule has 0 bridgehead atoms. The summed E-state index contributed by atoms with van der Waals surface area (Å²) in [5.41, 5.74) is -0.241. The van der Waals surface area contributed by atoms with Gasteiger partial charge in [0.15, 0.2) is 0 Å². The second-order valence-electron chi connectivity index (χ2n) is 6.22. The van der Waals surface area contributed by atoms with E-state index in [0.717, 1.165) is 6.42 Å². The first kappa shape index (κ1) is 20.3. The topological polar surface area (TPSA) is 54.0 Å². The number of rotatable bonds is 9. The summed E-state index contributed by atoms with van der Waals surface area (Å²) in [5, 5.41) is 0. The van der Waals surface area contributed by atoms with Gasteiger partial charge in [-0.3, -0.25) is 0 Å². The molecule has 0 rings (SSSR count). The highest BCUT2D eigenvalue weighted by Crippen LogP contribution is 2.26. The minimum Gasteiger partial charge on any atom is -0.448 e. The fourth-order valence-corrected chi connectivity index (χ4v) is 4.00. The molecule has 21 heavy (non-hydrogen) atoms. The Morgan fingerprint density at radius 1 is 1.14 bits per heavy atom. The van der Waals surface area contributed by atoms with Gasteiger partial charge in [0.05, 0.1) is 5.60 Å². The van der Waals surface area contributed by atoms with E-state index in [4.69, 9.17) is 17.7 Å². The Hall–Kier alpha value is -0.693. The molecule has 0 heterocycles. The van der Waals surface area contributed by atoms with Crippen molar-refractivity contribution in [1.29, 1.82) is 0 Å². The van der Waals surface area contributed by atoms with Gasteiger partial charge in [-0.15, -0.1) is 0 Å². The van der Waals surface area contributed by atoms with Gasteiger partial charge < -0.3 is 17.7 Å². The molecule has 0 aromatic rings. The molecule has 0 aromatic carbocycles. The molecule has 0 saturated heterocycles. The second kappa shape index (κ2) is 8.08. The van der Waals surface area contributed by atoms with Crippen LogP contribution in [0.15, 0.2) is 12.2 Å². The van der Waals surface area contributed by atoms with Gasteiger partial charge in [-0.25, -0.2) is 4.79 Å². The Bertz CT molecular complexity index is 353. The highest BCUT2D eigenvalue weighted by atomic mass is 28.4. The third-order valence-electron chi connectivity index (χ3n) is 2.58. The van der Waals surface area contributed by atoms with Crippen LogP contribution in [0.2, 0.25) is 0 Å². The van der Waals surface area contributed by atoms with E-state index in [1.807, 2.05) is 48.5 Å². The highest BCUT2D eigenvalue weighted by Gasteiger charge is 2.55. The minimum absolute atomic E-state index is 0.194. The lowest BCUT2D eigenvalue weighted by Crippen LogP contribution is -2.57. The van der Waals surface area contributed by atoms with Gasteiger partial charge in [0.2, 0.25) is 0 Å². The van der Waals surface area contributed by atoms with E-state index < -0.39 is 20.6 Å². The van der Waals surface area contributed by atoms with Crippen LogP contribution in [-0.2, 0) is 22.5 Å². The molecule has 0 aliphatic rings. The number of carbonyl (C=O) groups is 1.